The summed E-state index contributed by atoms with van der Waals surface area (Å²) < 4.78 is 0. The fraction of sp³-hybridized carbons (Fsp3) is 0. The topological polar surface area (TPSA) is 93.3 Å². The molecule has 2 aromatic carbocycles. The van der Waals surface area contributed by atoms with E-state index >= 15 is 0 Å². The van der Waals surface area contributed by atoms with E-state index in [0.29, 0.717) is 16.3 Å². The first-order valence-electron chi connectivity index (χ1n) is 6.43. The van der Waals surface area contributed by atoms with Crippen LogP contribution >= 0.6 is 0 Å². The van der Waals surface area contributed by atoms with Gasteiger partial charge in [0.15, 0.2) is 0 Å². The fourth-order valence-electron chi connectivity index (χ4n) is 2.41. The van der Waals surface area contributed by atoms with Crippen molar-refractivity contribution in [3.63, 3.8) is 0 Å². The highest BCUT2D eigenvalue weighted by molar-refractivity contribution is 6.02. The Morgan fingerprint density at radius 2 is 1.95 bits per heavy atom. The van der Waals surface area contributed by atoms with Crippen LogP contribution < -0.4 is 0 Å². The average molecular weight is 294 g/mol. The van der Waals surface area contributed by atoms with Gasteiger partial charge in [-0.25, -0.2) is 4.79 Å². The summed E-state index contributed by atoms with van der Waals surface area (Å²) in [6, 6.07) is 11.2. The maximum Gasteiger partial charge on any atom is 0.335 e. The molecule has 0 unspecified atom stereocenters. The Morgan fingerprint density at radius 3 is 2.68 bits per heavy atom. The molecule has 6 nitrogen and oxygen atoms in total. The lowest BCUT2D eigenvalue weighted by Crippen LogP contribution is -1.96. The lowest BCUT2D eigenvalue weighted by molar-refractivity contribution is -0.383. The minimum absolute atomic E-state index is 0.0266. The molecule has 0 bridgehead atoms. The number of hydrogen-bond acceptors (Lipinski definition) is 4. The van der Waals surface area contributed by atoms with E-state index < -0.39 is 10.9 Å². The van der Waals surface area contributed by atoms with Gasteiger partial charge in [0, 0.05) is 18.5 Å². The fourth-order valence-corrected chi connectivity index (χ4v) is 2.41. The number of aromatic nitrogens is 1. The number of carbonyl (C=O) groups is 1. The van der Waals surface area contributed by atoms with Gasteiger partial charge in [-0.05, 0) is 40.8 Å². The van der Waals surface area contributed by atoms with Gasteiger partial charge in [-0.2, -0.15) is 0 Å². The molecule has 3 aromatic rings. The van der Waals surface area contributed by atoms with Crippen molar-refractivity contribution in [3.8, 4) is 11.1 Å². The Morgan fingerprint density at radius 1 is 1.14 bits per heavy atom. The second kappa shape index (κ2) is 5.25. The number of nitro groups is 1. The normalized spacial score (nSPS) is 10.5. The SMILES string of the molecule is O=C(O)c1cccc(-c2ccc([N+](=O)[O-])c3cnccc23)c1. The first kappa shape index (κ1) is 13.7. The zero-order chi connectivity index (χ0) is 15.7. The van der Waals surface area contributed by atoms with Crippen LogP contribution in [0, 0.1) is 10.1 Å². The van der Waals surface area contributed by atoms with E-state index in [9.17, 15) is 14.9 Å². The van der Waals surface area contributed by atoms with Crippen LogP contribution in [-0.2, 0) is 0 Å². The van der Waals surface area contributed by atoms with Crippen LogP contribution in [0.15, 0.2) is 54.9 Å². The number of fused-ring (bicyclic) bond motifs is 1. The molecule has 0 aliphatic heterocycles. The van der Waals surface area contributed by atoms with E-state index in [-0.39, 0.29) is 11.3 Å². The minimum atomic E-state index is -1.02. The van der Waals surface area contributed by atoms with Crippen molar-refractivity contribution in [3.05, 3.63) is 70.5 Å². The summed E-state index contributed by atoms with van der Waals surface area (Å²) in [5, 5.41) is 21.3. The van der Waals surface area contributed by atoms with Crippen molar-refractivity contribution in [1.29, 1.82) is 0 Å². The zero-order valence-corrected chi connectivity index (χ0v) is 11.3. The molecule has 3 rings (SSSR count). The van der Waals surface area contributed by atoms with Crippen LogP contribution in [0.5, 0.6) is 0 Å². The summed E-state index contributed by atoms with van der Waals surface area (Å²) in [5.41, 5.74) is 1.55. The van der Waals surface area contributed by atoms with E-state index in [4.69, 9.17) is 5.11 Å². The quantitative estimate of drug-likeness (QED) is 0.589. The third-order valence-corrected chi connectivity index (χ3v) is 3.41. The Kier molecular flexibility index (Phi) is 3.27. The van der Waals surface area contributed by atoms with Crippen molar-refractivity contribution in [2.24, 2.45) is 0 Å². The van der Waals surface area contributed by atoms with Crippen LogP contribution in [0.25, 0.3) is 21.9 Å². The average Bonchev–Trinajstić information content (AvgIpc) is 2.53. The third kappa shape index (κ3) is 2.26. The Bertz CT molecular complexity index is 906. The molecular formula is C16H10N2O4. The van der Waals surface area contributed by atoms with Gasteiger partial charge < -0.3 is 5.11 Å². The van der Waals surface area contributed by atoms with Crippen molar-refractivity contribution in [1.82, 2.24) is 4.98 Å². The van der Waals surface area contributed by atoms with Crippen molar-refractivity contribution in [2.75, 3.05) is 0 Å². The molecule has 0 fully saturated rings. The first-order chi connectivity index (χ1) is 10.6. The molecule has 0 aliphatic carbocycles. The Labute approximate surface area is 124 Å². The summed E-state index contributed by atoms with van der Waals surface area (Å²) in [6.45, 7) is 0. The highest BCUT2D eigenvalue weighted by atomic mass is 16.6. The molecule has 1 N–H and O–H groups in total. The maximum atomic E-state index is 11.1. The van der Waals surface area contributed by atoms with E-state index in [1.165, 1.54) is 18.3 Å². The number of pyridine rings is 1. The second-order valence-corrected chi connectivity index (χ2v) is 4.70. The third-order valence-electron chi connectivity index (χ3n) is 3.41. The number of rotatable bonds is 3. The van der Waals surface area contributed by atoms with E-state index in [1.807, 2.05) is 0 Å². The zero-order valence-electron chi connectivity index (χ0n) is 11.3. The Balaban J connectivity index is 2.29. The summed E-state index contributed by atoms with van der Waals surface area (Å²) in [5.74, 6) is -1.02. The van der Waals surface area contributed by atoms with Crippen LogP contribution in [0.4, 0.5) is 5.69 Å². The van der Waals surface area contributed by atoms with Crippen molar-refractivity contribution < 1.29 is 14.8 Å². The number of carboxylic acid groups (broad SMARTS) is 1. The highest BCUT2D eigenvalue weighted by Gasteiger charge is 2.15. The molecule has 0 saturated heterocycles. The van der Waals surface area contributed by atoms with Gasteiger partial charge in [0.25, 0.3) is 5.69 Å². The molecule has 0 saturated carbocycles. The number of nitro benzene ring substituents is 1. The van der Waals surface area contributed by atoms with E-state index in [2.05, 4.69) is 4.98 Å². The summed E-state index contributed by atoms with van der Waals surface area (Å²) in [4.78, 5) is 25.7. The van der Waals surface area contributed by atoms with Gasteiger partial charge in [0.2, 0.25) is 0 Å². The highest BCUT2D eigenvalue weighted by Crippen LogP contribution is 2.33. The predicted molar refractivity (Wildman–Crippen MR) is 80.8 cm³/mol. The Hall–Kier alpha value is -3.28. The summed E-state index contributed by atoms with van der Waals surface area (Å²) >= 11 is 0. The molecule has 0 radical (unpaired) electrons. The lowest BCUT2D eigenvalue weighted by atomic mass is 9.97. The van der Waals surface area contributed by atoms with Gasteiger partial charge >= 0.3 is 5.97 Å². The minimum Gasteiger partial charge on any atom is -0.478 e. The van der Waals surface area contributed by atoms with Crippen LogP contribution in [0.2, 0.25) is 0 Å². The van der Waals surface area contributed by atoms with E-state index in [1.54, 1.807) is 36.5 Å². The van der Waals surface area contributed by atoms with Gasteiger partial charge in [0.05, 0.1) is 15.9 Å². The monoisotopic (exact) mass is 294 g/mol. The summed E-state index contributed by atoms with van der Waals surface area (Å²) in [6.07, 6.45) is 2.99. The molecule has 0 amide bonds. The molecular weight excluding hydrogens is 284 g/mol. The number of nitrogens with zero attached hydrogens (tertiary/aromatic N) is 2. The lowest BCUT2D eigenvalue weighted by Gasteiger charge is -2.08. The molecule has 0 spiro atoms. The van der Waals surface area contributed by atoms with Gasteiger partial charge in [-0.1, -0.05) is 12.1 Å². The first-order valence-corrected chi connectivity index (χ1v) is 6.43. The molecule has 22 heavy (non-hydrogen) atoms. The van der Waals surface area contributed by atoms with E-state index in [0.717, 1.165) is 5.56 Å². The molecule has 108 valence electrons. The van der Waals surface area contributed by atoms with Crippen molar-refractivity contribution >= 4 is 22.4 Å². The molecule has 6 heteroatoms. The van der Waals surface area contributed by atoms with Gasteiger partial charge in [-0.15, -0.1) is 0 Å². The number of aromatic carboxylic acids is 1. The van der Waals surface area contributed by atoms with Crippen LogP contribution in [0.1, 0.15) is 10.4 Å². The van der Waals surface area contributed by atoms with Gasteiger partial charge in [0.1, 0.15) is 0 Å². The largest absolute Gasteiger partial charge is 0.478 e. The maximum absolute atomic E-state index is 11.1. The smallest absolute Gasteiger partial charge is 0.335 e. The van der Waals surface area contributed by atoms with Crippen molar-refractivity contribution in [2.45, 2.75) is 0 Å². The molecule has 1 heterocycles. The summed E-state index contributed by atoms with van der Waals surface area (Å²) in [7, 11) is 0. The molecule has 0 atom stereocenters. The van der Waals surface area contributed by atoms with Gasteiger partial charge in [-0.3, -0.25) is 15.1 Å². The number of hydrogen-bond donors (Lipinski definition) is 1. The molecule has 1 aromatic heterocycles. The van der Waals surface area contributed by atoms with Crippen LogP contribution in [0.3, 0.4) is 0 Å². The number of non-ortho nitro benzene ring substituents is 1. The second-order valence-electron chi connectivity index (χ2n) is 4.70. The number of benzene rings is 2. The molecule has 0 aliphatic rings. The number of carboxylic acids is 1. The van der Waals surface area contributed by atoms with Crippen LogP contribution in [-0.4, -0.2) is 21.0 Å². The standard InChI is InChI=1S/C16H10N2O4/c19-16(20)11-3-1-2-10(8-11)12-4-5-15(18(21)22)14-9-17-7-6-13(12)14/h1-9H,(H,19,20). The predicted octanol–water partition coefficient (Wildman–Crippen LogP) is 3.51.